The summed E-state index contributed by atoms with van der Waals surface area (Å²) in [5, 5.41) is 0.747. The summed E-state index contributed by atoms with van der Waals surface area (Å²) in [4.78, 5) is 25.5. The molecule has 0 radical (unpaired) electrons. The molecule has 1 spiro atoms. The Kier molecular flexibility index (Phi) is 7.03. The molecular weight excluding hydrogens is 584 g/mol. The van der Waals surface area contributed by atoms with E-state index in [-0.39, 0.29) is 48.8 Å². The molecule has 2 saturated heterocycles. The van der Waals surface area contributed by atoms with Gasteiger partial charge in [0.1, 0.15) is 11.6 Å². The van der Waals surface area contributed by atoms with Crippen LogP contribution in [0.1, 0.15) is 55.4 Å². The number of piperidine rings is 1. The lowest BCUT2D eigenvalue weighted by atomic mass is 9.80. The monoisotopic (exact) mass is 617 g/mol. The van der Waals surface area contributed by atoms with Crippen molar-refractivity contribution in [2.45, 2.75) is 57.0 Å². The van der Waals surface area contributed by atoms with Gasteiger partial charge in [0, 0.05) is 79.1 Å². The number of alkyl halides is 2. The summed E-state index contributed by atoms with van der Waals surface area (Å²) in [6.45, 7) is 7.26. The predicted molar refractivity (Wildman–Crippen MR) is 156 cm³/mol. The van der Waals surface area contributed by atoms with E-state index in [4.69, 9.17) is 4.74 Å². The lowest BCUT2D eigenvalue weighted by Gasteiger charge is -2.48. The third-order valence-corrected chi connectivity index (χ3v) is 10.7. The fourth-order valence-corrected chi connectivity index (χ4v) is 7.72. The normalized spacial score (nSPS) is 21.1. The van der Waals surface area contributed by atoms with Crippen LogP contribution in [-0.2, 0) is 21.7 Å². The molecule has 224 valence electrons. The second kappa shape index (κ2) is 10.2. The first kappa shape index (κ1) is 28.9. The number of hydrogen-bond donors (Lipinski definition) is 0. The third-order valence-electron chi connectivity index (χ3n) is 8.32. The van der Waals surface area contributed by atoms with E-state index in [2.05, 4.69) is 14.3 Å². The van der Waals surface area contributed by atoms with Gasteiger partial charge >= 0.3 is 0 Å². The van der Waals surface area contributed by atoms with Crippen molar-refractivity contribution in [3.8, 4) is 17.0 Å². The number of fused-ring (bicyclic) bond motifs is 1. The second-order valence-corrected chi connectivity index (χ2v) is 15.3. The SMILES string of the molecule is CC(C)(C)c1nsc(N2CCC3(CC2)Oc2cnc(-c4ccc(C(=O)N5CCS(=O)(=O)CC5)cc4)cc2CC3(F)F)n1. The van der Waals surface area contributed by atoms with E-state index in [0.717, 1.165) is 11.0 Å². The molecule has 5 heterocycles. The Morgan fingerprint density at radius 3 is 2.33 bits per heavy atom. The molecular formula is C29H33F2N5O4S2. The molecule has 6 rings (SSSR count). The average molecular weight is 618 g/mol. The summed E-state index contributed by atoms with van der Waals surface area (Å²) in [5.41, 5.74) is 0.231. The topological polar surface area (TPSA) is 106 Å². The number of carbonyl (C=O) groups is 1. The lowest BCUT2D eigenvalue weighted by Crippen LogP contribution is -2.61. The van der Waals surface area contributed by atoms with Crippen LogP contribution < -0.4 is 9.64 Å². The molecule has 1 amide bonds. The van der Waals surface area contributed by atoms with Gasteiger partial charge in [0.05, 0.1) is 23.4 Å². The molecule has 0 N–H and O–H groups in total. The summed E-state index contributed by atoms with van der Waals surface area (Å²) in [7, 11) is -3.09. The maximum absolute atomic E-state index is 15.7. The minimum atomic E-state index is -3.09. The van der Waals surface area contributed by atoms with Crippen molar-refractivity contribution in [3.63, 3.8) is 0 Å². The zero-order valence-corrected chi connectivity index (χ0v) is 25.4. The molecule has 13 heteroatoms. The summed E-state index contributed by atoms with van der Waals surface area (Å²) in [5.74, 6) is -2.26. The van der Waals surface area contributed by atoms with Gasteiger partial charge in [-0.1, -0.05) is 32.9 Å². The second-order valence-electron chi connectivity index (χ2n) is 12.3. The third kappa shape index (κ3) is 5.36. The number of rotatable bonds is 3. The number of pyridine rings is 1. The zero-order chi connectivity index (χ0) is 29.9. The predicted octanol–water partition coefficient (Wildman–Crippen LogP) is 4.38. The molecule has 0 saturated carbocycles. The zero-order valence-electron chi connectivity index (χ0n) is 23.8. The standard InChI is InChI=1S/C29H33F2N5O4S2/c1-27(2,3)25-33-26(41-34-25)36-10-8-28(9-11-36)29(30,31)17-21-16-22(32-18-23(21)40-28)19-4-6-20(7-5-19)24(37)35-12-14-42(38,39)15-13-35/h4-7,16,18H,8-15,17H2,1-3H3. The van der Waals surface area contributed by atoms with Gasteiger partial charge in [0.2, 0.25) is 5.13 Å². The number of amides is 1. The summed E-state index contributed by atoms with van der Waals surface area (Å²) in [6, 6.07) is 8.38. The van der Waals surface area contributed by atoms with E-state index < -0.39 is 27.8 Å². The number of halogens is 2. The average Bonchev–Trinajstić information content (AvgIpc) is 3.45. The minimum absolute atomic E-state index is 0.0380. The van der Waals surface area contributed by atoms with Crippen molar-refractivity contribution >= 4 is 32.4 Å². The molecule has 3 aromatic rings. The number of anilines is 1. The van der Waals surface area contributed by atoms with E-state index in [9.17, 15) is 13.2 Å². The van der Waals surface area contributed by atoms with Crippen LogP contribution in [0.15, 0.2) is 36.5 Å². The van der Waals surface area contributed by atoms with Crippen LogP contribution in [0.2, 0.25) is 0 Å². The molecule has 0 atom stereocenters. The highest BCUT2D eigenvalue weighted by atomic mass is 32.2. The smallest absolute Gasteiger partial charge is 0.291 e. The number of ether oxygens (including phenoxy) is 1. The number of aromatic nitrogens is 3. The first-order chi connectivity index (χ1) is 19.8. The molecule has 2 fully saturated rings. The van der Waals surface area contributed by atoms with E-state index in [0.29, 0.717) is 41.2 Å². The Balaban J connectivity index is 1.15. The number of sulfone groups is 1. The van der Waals surface area contributed by atoms with Gasteiger partial charge in [-0.2, -0.15) is 4.37 Å². The lowest BCUT2D eigenvalue weighted by molar-refractivity contribution is -0.185. The van der Waals surface area contributed by atoms with Gasteiger partial charge in [0.15, 0.2) is 15.4 Å². The Hall–Kier alpha value is -3.19. The molecule has 3 aliphatic heterocycles. The van der Waals surface area contributed by atoms with Crippen LogP contribution in [0.25, 0.3) is 11.3 Å². The highest BCUT2D eigenvalue weighted by Gasteiger charge is 2.59. The Morgan fingerprint density at radius 2 is 1.71 bits per heavy atom. The molecule has 3 aliphatic rings. The van der Waals surface area contributed by atoms with Crippen LogP contribution in [0.5, 0.6) is 5.75 Å². The van der Waals surface area contributed by atoms with Gasteiger partial charge in [-0.05, 0) is 18.2 Å². The van der Waals surface area contributed by atoms with Crippen molar-refractivity contribution in [1.29, 1.82) is 0 Å². The Bertz CT molecular complexity index is 1600. The van der Waals surface area contributed by atoms with Gasteiger partial charge in [-0.3, -0.25) is 9.78 Å². The van der Waals surface area contributed by atoms with E-state index in [1.807, 2.05) is 25.7 Å². The quantitative estimate of drug-likeness (QED) is 0.427. The van der Waals surface area contributed by atoms with Crippen molar-refractivity contribution < 1.29 is 26.7 Å². The van der Waals surface area contributed by atoms with Gasteiger partial charge < -0.3 is 14.5 Å². The highest BCUT2D eigenvalue weighted by molar-refractivity contribution is 7.91. The van der Waals surface area contributed by atoms with Crippen molar-refractivity contribution in [1.82, 2.24) is 19.2 Å². The van der Waals surface area contributed by atoms with Crippen LogP contribution in [0.4, 0.5) is 13.9 Å². The molecule has 9 nitrogen and oxygen atoms in total. The fraction of sp³-hybridized carbons (Fsp3) is 0.517. The maximum Gasteiger partial charge on any atom is 0.291 e. The van der Waals surface area contributed by atoms with Crippen molar-refractivity contribution in [2.24, 2.45) is 0 Å². The number of hydrogen-bond acceptors (Lipinski definition) is 9. The minimum Gasteiger partial charge on any atom is -0.479 e. The first-order valence-electron chi connectivity index (χ1n) is 14.0. The largest absolute Gasteiger partial charge is 0.479 e. The summed E-state index contributed by atoms with van der Waals surface area (Å²) in [6.07, 6.45) is 1.38. The Labute approximate surface area is 248 Å². The number of benzene rings is 1. The molecule has 0 bridgehead atoms. The molecule has 2 aromatic heterocycles. The van der Waals surface area contributed by atoms with Crippen molar-refractivity contribution in [2.75, 3.05) is 42.6 Å². The first-order valence-corrected chi connectivity index (χ1v) is 16.6. The van der Waals surface area contributed by atoms with Crippen LogP contribution in [0.3, 0.4) is 0 Å². The summed E-state index contributed by atoms with van der Waals surface area (Å²) >= 11 is 1.30. The van der Waals surface area contributed by atoms with Gasteiger partial charge in [-0.15, -0.1) is 0 Å². The molecule has 0 unspecified atom stereocenters. The Morgan fingerprint density at radius 1 is 1.05 bits per heavy atom. The van der Waals surface area contributed by atoms with Gasteiger partial charge in [0.25, 0.3) is 11.8 Å². The van der Waals surface area contributed by atoms with E-state index in [1.54, 1.807) is 30.3 Å². The van der Waals surface area contributed by atoms with Crippen molar-refractivity contribution in [3.05, 3.63) is 53.5 Å². The number of nitrogens with zero attached hydrogens (tertiary/aromatic N) is 5. The van der Waals surface area contributed by atoms with Crippen LogP contribution in [0, 0.1) is 0 Å². The van der Waals surface area contributed by atoms with Crippen LogP contribution in [-0.4, -0.2) is 82.8 Å². The fourth-order valence-electron chi connectivity index (χ4n) is 5.62. The summed E-state index contributed by atoms with van der Waals surface area (Å²) < 4.78 is 65.4. The van der Waals surface area contributed by atoms with E-state index in [1.165, 1.54) is 22.6 Å². The highest BCUT2D eigenvalue weighted by Crippen LogP contribution is 2.49. The maximum atomic E-state index is 15.7. The molecule has 0 aliphatic carbocycles. The molecule has 42 heavy (non-hydrogen) atoms. The number of carbonyl (C=O) groups excluding carboxylic acids is 1. The van der Waals surface area contributed by atoms with Crippen LogP contribution >= 0.6 is 11.5 Å². The van der Waals surface area contributed by atoms with Gasteiger partial charge in [-0.25, -0.2) is 22.2 Å². The molecule has 1 aromatic carbocycles. The van der Waals surface area contributed by atoms with E-state index >= 15 is 8.78 Å².